The Bertz CT molecular complexity index is 883. The molecule has 3 aliphatic heterocycles. The fourth-order valence-electron chi connectivity index (χ4n) is 4.71. The number of fused-ring (bicyclic) bond motifs is 1. The molecular formula is C21H29N7O3. The number of hydrogen-bond acceptors (Lipinski definition) is 8. The highest BCUT2D eigenvalue weighted by Gasteiger charge is 2.30. The van der Waals surface area contributed by atoms with E-state index in [-0.39, 0.29) is 5.91 Å². The molecule has 5 rings (SSSR count). The average molecular weight is 428 g/mol. The van der Waals surface area contributed by atoms with Crippen LogP contribution in [0.25, 0.3) is 0 Å². The quantitative estimate of drug-likeness (QED) is 0.662. The minimum Gasteiger partial charge on any atom is -0.454 e. The summed E-state index contributed by atoms with van der Waals surface area (Å²) in [6, 6.07) is 6.67. The maximum atomic E-state index is 12.7. The number of nitrogens with zero attached hydrogens (tertiary/aromatic N) is 7. The molecule has 31 heavy (non-hydrogen) atoms. The fraction of sp³-hybridized carbons (Fsp3) is 0.619. The van der Waals surface area contributed by atoms with Crippen LogP contribution >= 0.6 is 0 Å². The smallest absolute Gasteiger partial charge is 0.231 e. The van der Waals surface area contributed by atoms with E-state index in [2.05, 4.69) is 37.5 Å². The van der Waals surface area contributed by atoms with Crippen LogP contribution < -0.4 is 9.47 Å². The summed E-state index contributed by atoms with van der Waals surface area (Å²) in [6.07, 6.45) is 4.23. The Balaban J connectivity index is 1.09. The van der Waals surface area contributed by atoms with Crippen molar-refractivity contribution >= 4 is 5.91 Å². The predicted octanol–water partition coefficient (Wildman–Crippen LogP) is 0.601. The van der Waals surface area contributed by atoms with Gasteiger partial charge in [-0.2, -0.15) is 0 Å². The molecule has 1 aromatic carbocycles. The Morgan fingerprint density at radius 1 is 1.10 bits per heavy atom. The first-order valence-electron chi connectivity index (χ1n) is 11.1. The van der Waals surface area contributed by atoms with Gasteiger partial charge in [-0.05, 0) is 41.0 Å². The number of amides is 1. The Hall–Kier alpha value is -2.72. The third kappa shape index (κ3) is 4.80. The zero-order valence-electron chi connectivity index (χ0n) is 17.7. The number of rotatable bonds is 6. The van der Waals surface area contributed by atoms with Crippen LogP contribution in [0, 0.1) is 0 Å². The number of aryl methyl sites for hydroxylation is 1. The topological polar surface area (TPSA) is 88.9 Å². The molecule has 1 aromatic heterocycles. The summed E-state index contributed by atoms with van der Waals surface area (Å²) in [5.41, 5.74) is 1.26. The van der Waals surface area contributed by atoms with Gasteiger partial charge in [0.15, 0.2) is 11.5 Å². The van der Waals surface area contributed by atoms with E-state index in [0.717, 1.165) is 63.7 Å². The highest BCUT2D eigenvalue weighted by molar-refractivity contribution is 5.76. The van der Waals surface area contributed by atoms with Gasteiger partial charge in [0, 0.05) is 58.3 Å². The molecule has 0 radical (unpaired) electrons. The summed E-state index contributed by atoms with van der Waals surface area (Å²) in [5.74, 6) is 1.88. The normalized spacial score (nSPS) is 22.1. The fourth-order valence-corrected chi connectivity index (χ4v) is 4.71. The average Bonchev–Trinajstić information content (AvgIpc) is 3.50. The lowest BCUT2D eigenvalue weighted by atomic mass is 10.0. The van der Waals surface area contributed by atoms with Gasteiger partial charge in [0.25, 0.3) is 0 Å². The van der Waals surface area contributed by atoms with Crippen molar-refractivity contribution in [3.8, 4) is 11.5 Å². The van der Waals surface area contributed by atoms with Crippen molar-refractivity contribution in [3.05, 3.63) is 30.1 Å². The van der Waals surface area contributed by atoms with Gasteiger partial charge in [0.2, 0.25) is 12.7 Å². The van der Waals surface area contributed by atoms with Crippen LogP contribution in [0.5, 0.6) is 11.5 Å². The molecule has 0 unspecified atom stereocenters. The summed E-state index contributed by atoms with van der Waals surface area (Å²) in [6.45, 7) is 7.63. The minimum atomic E-state index is 0.196. The summed E-state index contributed by atoms with van der Waals surface area (Å²) in [4.78, 5) is 19.7. The van der Waals surface area contributed by atoms with Gasteiger partial charge in [0.05, 0.1) is 6.54 Å². The van der Waals surface area contributed by atoms with Crippen molar-refractivity contribution in [1.29, 1.82) is 0 Å². The van der Waals surface area contributed by atoms with Crippen LogP contribution in [0.15, 0.2) is 24.5 Å². The molecule has 0 bridgehead atoms. The number of ether oxygens (including phenoxy) is 2. The molecule has 0 N–H and O–H groups in total. The highest BCUT2D eigenvalue weighted by Crippen LogP contribution is 2.33. The van der Waals surface area contributed by atoms with Gasteiger partial charge in [-0.15, -0.1) is 5.10 Å². The molecule has 0 aliphatic carbocycles. The highest BCUT2D eigenvalue weighted by atomic mass is 16.7. The molecule has 3 aliphatic rings. The monoisotopic (exact) mass is 427 g/mol. The van der Waals surface area contributed by atoms with Gasteiger partial charge in [-0.1, -0.05) is 6.07 Å². The number of piperazine rings is 1. The van der Waals surface area contributed by atoms with Crippen LogP contribution in [-0.4, -0.2) is 92.9 Å². The number of likely N-dealkylation sites (tertiary alicyclic amines) is 1. The van der Waals surface area contributed by atoms with E-state index in [9.17, 15) is 4.79 Å². The largest absolute Gasteiger partial charge is 0.454 e. The SMILES string of the molecule is O=C(CCn1cnnn1)N1CCC[C@H](N2CCN(Cc3ccc4c(c3)OCO4)CC2)C1. The maximum absolute atomic E-state index is 12.7. The molecule has 0 spiro atoms. The van der Waals surface area contributed by atoms with Gasteiger partial charge < -0.3 is 14.4 Å². The van der Waals surface area contributed by atoms with Crippen LogP contribution in [-0.2, 0) is 17.9 Å². The van der Waals surface area contributed by atoms with Gasteiger partial charge >= 0.3 is 0 Å². The van der Waals surface area contributed by atoms with Gasteiger partial charge in [-0.25, -0.2) is 4.68 Å². The van der Waals surface area contributed by atoms with E-state index in [1.54, 1.807) is 11.0 Å². The molecule has 2 fully saturated rings. The number of carbonyl (C=O) groups is 1. The number of benzene rings is 1. The molecule has 1 atom stereocenters. The minimum absolute atomic E-state index is 0.196. The van der Waals surface area contributed by atoms with Gasteiger partial charge in [-0.3, -0.25) is 14.6 Å². The summed E-state index contributed by atoms with van der Waals surface area (Å²) < 4.78 is 12.5. The van der Waals surface area contributed by atoms with E-state index >= 15 is 0 Å². The molecule has 166 valence electrons. The first kappa shape index (κ1) is 20.2. The number of carbonyl (C=O) groups excluding carboxylic acids is 1. The van der Waals surface area contributed by atoms with Crippen LogP contribution in [0.2, 0.25) is 0 Å². The first-order chi connectivity index (χ1) is 15.2. The second-order valence-corrected chi connectivity index (χ2v) is 8.46. The predicted molar refractivity (Wildman–Crippen MR) is 111 cm³/mol. The molecule has 4 heterocycles. The van der Waals surface area contributed by atoms with E-state index in [0.29, 0.717) is 25.8 Å². The van der Waals surface area contributed by atoms with Crippen molar-refractivity contribution in [3.63, 3.8) is 0 Å². The van der Waals surface area contributed by atoms with Crippen molar-refractivity contribution < 1.29 is 14.3 Å². The first-order valence-corrected chi connectivity index (χ1v) is 11.1. The molecule has 10 heteroatoms. The number of hydrogen-bond donors (Lipinski definition) is 0. The van der Waals surface area contributed by atoms with E-state index in [4.69, 9.17) is 9.47 Å². The molecule has 10 nitrogen and oxygen atoms in total. The standard InChI is InChI=1S/C21H29N7O3/c29-21(5-7-28-15-22-23-24-28)27-6-1-2-18(14-27)26-10-8-25(9-11-26)13-17-3-4-19-20(12-17)31-16-30-19/h3-4,12,15,18H,1-2,5-11,13-14,16H2/t18-/m0/s1. The Kier molecular flexibility index (Phi) is 5.99. The van der Waals surface area contributed by atoms with E-state index < -0.39 is 0 Å². The lowest BCUT2D eigenvalue weighted by Gasteiger charge is -2.43. The van der Waals surface area contributed by atoms with Crippen LogP contribution in [0.4, 0.5) is 0 Å². The third-order valence-electron chi connectivity index (χ3n) is 6.46. The lowest BCUT2D eigenvalue weighted by Crippen LogP contribution is -2.55. The number of piperidine rings is 1. The Morgan fingerprint density at radius 3 is 2.81 bits per heavy atom. The van der Waals surface area contributed by atoms with Crippen molar-refractivity contribution in [1.82, 2.24) is 34.9 Å². The molecule has 1 amide bonds. The Labute approximate surface area is 181 Å². The third-order valence-corrected chi connectivity index (χ3v) is 6.46. The van der Waals surface area contributed by atoms with E-state index in [1.807, 2.05) is 11.0 Å². The molecule has 2 aromatic rings. The van der Waals surface area contributed by atoms with Crippen molar-refractivity contribution in [2.45, 2.75) is 38.4 Å². The zero-order chi connectivity index (χ0) is 21.0. The van der Waals surface area contributed by atoms with Crippen molar-refractivity contribution in [2.75, 3.05) is 46.1 Å². The molecule has 0 saturated carbocycles. The summed E-state index contributed by atoms with van der Waals surface area (Å²) in [7, 11) is 0. The van der Waals surface area contributed by atoms with Gasteiger partial charge in [0.1, 0.15) is 6.33 Å². The van der Waals surface area contributed by atoms with E-state index in [1.165, 1.54) is 12.0 Å². The van der Waals surface area contributed by atoms with Crippen LogP contribution in [0.1, 0.15) is 24.8 Å². The van der Waals surface area contributed by atoms with Crippen molar-refractivity contribution in [2.24, 2.45) is 0 Å². The van der Waals surface area contributed by atoms with Crippen LogP contribution in [0.3, 0.4) is 0 Å². The number of aromatic nitrogens is 4. The summed E-state index contributed by atoms with van der Waals surface area (Å²) >= 11 is 0. The second kappa shape index (κ2) is 9.19. The Morgan fingerprint density at radius 2 is 1.97 bits per heavy atom. The molecule has 2 saturated heterocycles. The molecular weight excluding hydrogens is 398 g/mol. The number of tetrazole rings is 1. The second-order valence-electron chi connectivity index (χ2n) is 8.46. The maximum Gasteiger partial charge on any atom is 0.231 e. The lowest BCUT2D eigenvalue weighted by molar-refractivity contribution is -0.133. The zero-order valence-corrected chi connectivity index (χ0v) is 17.7. The summed E-state index contributed by atoms with van der Waals surface area (Å²) in [5, 5.41) is 11.1.